The first-order chi connectivity index (χ1) is 12.3. The molecule has 0 atom stereocenters. The number of anilines is 1. The summed E-state index contributed by atoms with van der Waals surface area (Å²) in [7, 11) is 0. The first-order valence-electron chi connectivity index (χ1n) is 8.18. The van der Waals surface area contributed by atoms with Gasteiger partial charge >= 0.3 is 0 Å². The summed E-state index contributed by atoms with van der Waals surface area (Å²) in [5, 5.41) is 15.2. The van der Waals surface area contributed by atoms with E-state index in [1.807, 2.05) is 24.3 Å². The molecule has 0 aliphatic carbocycles. The number of carbonyl (C=O) groups is 2. The second-order valence-corrected chi connectivity index (χ2v) is 6.81. The number of nitrogens with zero attached hydrogens (tertiary/aromatic N) is 1. The summed E-state index contributed by atoms with van der Waals surface area (Å²) in [5.41, 5.74) is 0.456. The van der Waals surface area contributed by atoms with Gasteiger partial charge in [0.2, 0.25) is 11.8 Å². The van der Waals surface area contributed by atoms with E-state index in [0.717, 1.165) is 5.56 Å². The van der Waals surface area contributed by atoms with Crippen LogP contribution in [0, 0.1) is 16.7 Å². The van der Waals surface area contributed by atoms with Crippen molar-refractivity contribution in [2.75, 3.05) is 11.9 Å². The number of hydrogen-bond donors (Lipinski definition) is 2. The fourth-order valence-corrected chi connectivity index (χ4v) is 2.52. The van der Waals surface area contributed by atoms with Gasteiger partial charge in [0.15, 0.2) is 0 Å². The molecule has 0 fully saturated rings. The third-order valence-corrected chi connectivity index (χ3v) is 4.25. The highest BCUT2D eigenvalue weighted by molar-refractivity contribution is 6.30. The smallest absolute Gasteiger partial charge is 0.239 e. The zero-order valence-corrected chi connectivity index (χ0v) is 15.4. The average Bonchev–Trinajstić information content (AvgIpc) is 2.62. The second kappa shape index (κ2) is 8.50. The molecule has 0 spiro atoms. The van der Waals surface area contributed by atoms with Gasteiger partial charge in [-0.05, 0) is 50.1 Å². The molecule has 0 aliphatic rings. The lowest BCUT2D eigenvalue weighted by Crippen LogP contribution is -2.45. The maximum atomic E-state index is 12.5. The van der Waals surface area contributed by atoms with Crippen LogP contribution < -0.4 is 10.6 Å². The molecule has 6 heteroatoms. The molecule has 5 nitrogen and oxygen atoms in total. The number of nitriles is 1. The van der Waals surface area contributed by atoms with Gasteiger partial charge in [-0.25, -0.2) is 0 Å². The monoisotopic (exact) mass is 369 g/mol. The Morgan fingerprint density at radius 1 is 1.12 bits per heavy atom. The van der Waals surface area contributed by atoms with Crippen LogP contribution in [0.3, 0.4) is 0 Å². The molecule has 0 bridgehead atoms. The van der Waals surface area contributed by atoms with E-state index in [2.05, 4.69) is 10.6 Å². The molecule has 0 aromatic heterocycles. The number of para-hydroxylation sites is 1. The Balaban J connectivity index is 1.96. The van der Waals surface area contributed by atoms with E-state index in [-0.39, 0.29) is 5.91 Å². The highest BCUT2D eigenvalue weighted by Crippen LogP contribution is 2.21. The fraction of sp³-hybridized carbons (Fsp3) is 0.250. The quantitative estimate of drug-likeness (QED) is 0.764. The van der Waals surface area contributed by atoms with Crippen LogP contribution in [-0.4, -0.2) is 18.4 Å². The minimum atomic E-state index is -1.28. The summed E-state index contributed by atoms with van der Waals surface area (Å²) in [4.78, 5) is 25.0. The maximum Gasteiger partial charge on any atom is 0.239 e. The zero-order valence-electron chi connectivity index (χ0n) is 14.7. The lowest BCUT2D eigenvalue weighted by molar-refractivity contribution is -0.138. The van der Waals surface area contributed by atoms with Crippen LogP contribution in [0.1, 0.15) is 25.0 Å². The van der Waals surface area contributed by atoms with Gasteiger partial charge in [0.05, 0.1) is 11.3 Å². The number of halogens is 1. The molecule has 0 saturated carbocycles. The number of amides is 2. The first kappa shape index (κ1) is 19.5. The predicted molar refractivity (Wildman–Crippen MR) is 102 cm³/mol. The van der Waals surface area contributed by atoms with Gasteiger partial charge < -0.3 is 10.6 Å². The van der Waals surface area contributed by atoms with Gasteiger partial charge in [-0.2, -0.15) is 5.26 Å². The summed E-state index contributed by atoms with van der Waals surface area (Å²) in [5.74, 6) is -0.855. The molecule has 2 rings (SSSR count). The molecule has 0 heterocycles. The summed E-state index contributed by atoms with van der Waals surface area (Å²) in [6.45, 7) is 3.49. The molecule has 0 radical (unpaired) electrons. The number of nitrogens with one attached hydrogen (secondary N) is 2. The van der Waals surface area contributed by atoms with Crippen molar-refractivity contribution in [1.82, 2.24) is 5.32 Å². The van der Waals surface area contributed by atoms with Gasteiger partial charge in [0, 0.05) is 11.6 Å². The van der Waals surface area contributed by atoms with Crippen LogP contribution in [0.4, 0.5) is 5.69 Å². The van der Waals surface area contributed by atoms with E-state index in [9.17, 15) is 9.59 Å². The minimum absolute atomic E-state index is 0.345. The van der Waals surface area contributed by atoms with Crippen molar-refractivity contribution < 1.29 is 9.59 Å². The summed E-state index contributed by atoms with van der Waals surface area (Å²) in [6, 6.07) is 16.1. The Labute approximate surface area is 158 Å². The summed E-state index contributed by atoms with van der Waals surface area (Å²) < 4.78 is 0. The highest BCUT2D eigenvalue weighted by atomic mass is 35.5. The van der Waals surface area contributed by atoms with Crippen LogP contribution >= 0.6 is 11.6 Å². The van der Waals surface area contributed by atoms with E-state index < -0.39 is 11.3 Å². The Bertz CT molecular complexity index is 856. The van der Waals surface area contributed by atoms with E-state index in [1.54, 1.807) is 44.2 Å². The van der Waals surface area contributed by atoms with Crippen LogP contribution in [0.2, 0.25) is 5.02 Å². The molecule has 0 aliphatic heterocycles. The summed E-state index contributed by atoms with van der Waals surface area (Å²) >= 11 is 5.94. The normalized spacial score (nSPS) is 10.7. The maximum absolute atomic E-state index is 12.5. The molecular weight excluding hydrogens is 350 g/mol. The van der Waals surface area contributed by atoms with Crippen LogP contribution in [0.15, 0.2) is 48.5 Å². The van der Waals surface area contributed by atoms with Crippen molar-refractivity contribution in [3.8, 4) is 6.07 Å². The van der Waals surface area contributed by atoms with Crippen molar-refractivity contribution in [2.45, 2.75) is 20.3 Å². The van der Waals surface area contributed by atoms with Crippen molar-refractivity contribution >= 4 is 29.1 Å². The molecule has 2 aromatic rings. The number of hydrogen-bond acceptors (Lipinski definition) is 3. The minimum Gasteiger partial charge on any atom is -0.355 e. The van der Waals surface area contributed by atoms with Crippen LogP contribution in [0.25, 0.3) is 0 Å². The van der Waals surface area contributed by atoms with E-state index in [4.69, 9.17) is 16.9 Å². The molecule has 0 unspecified atom stereocenters. The van der Waals surface area contributed by atoms with E-state index in [0.29, 0.717) is 29.2 Å². The standard InChI is InChI=1S/C20H20ClN3O2/c1-20(2,19(26)24-17-9-4-3-7-15(17)13-22)18(25)23-11-10-14-6-5-8-16(21)12-14/h3-9,12H,10-11H2,1-2H3,(H,23,25)(H,24,26). The predicted octanol–water partition coefficient (Wildman–Crippen LogP) is 3.54. The van der Waals surface area contributed by atoms with Gasteiger partial charge in [-0.3, -0.25) is 9.59 Å². The van der Waals surface area contributed by atoms with Gasteiger partial charge in [-0.1, -0.05) is 35.9 Å². The Morgan fingerprint density at radius 2 is 1.85 bits per heavy atom. The second-order valence-electron chi connectivity index (χ2n) is 6.37. The van der Waals surface area contributed by atoms with Gasteiger partial charge in [0.25, 0.3) is 0 Å². The lowest BCUT2D eigenvalue weighted by atomic mass is 9.90. The molecule has 0 saturated heterocycles. The number of carbonyl (C=O) groups excluding carboxylic acids is 2. The van der Waals surface area contributed by atoms with Gasteiger partial charge in [-0.15, -0.1) is 0 Å². The molecule has 2 aromatic carbocycles. The fourth-order valence-electron chi connectivity index (χ4n) is 2.31. The zero-order chi connectivity index (χ0) is 19.2. The lowest BCUT2D eigenvalue weighted by Gasteiger charge is -2.23. The average molecular weight is 370 g/mol. The largest absolute Gasteiger partial charge is 0.355 e. The van der Waals surface area contributed by atoms with Crippen molar-refractivity contribution in [3.05, 3.63) is 64.7 Å². The third-order valence-electron chi connectivity index (χ3n) is 4.02. The Kier molecular flexibility index (Phi) is 6.37. The van der Waals surface area contributed by atoms with Gasteiger partial charge in [0.1, 0.15) is 11.5 Å². The molecule has 2 N–H and O–H groups in total. The van der Waals surface area contributed by atoms with Crippen molar-refractivity contribution in [1.29, 1.82) is 5.26 Å². The van der Waals surface area contributed by atoms with E-state index >= 15 is 0 Å². The van der Waals surface area contributed by atoms with Crippen molar-refractivity contribution in [2.24, 2.45) is 5.41 Å². The SMILES string of the molecule is CC(C)(C(=O)NCCc1cccc(Cl)c1)C(=O)Nc1ccccc1C#N. The van der Waals surface area contributed by atoms with Crippen LogP contribution in [0.5, 0.6) is 0 Å². The molecule has 2 amide bonds. The summed E-state index contributed by atoms with van der Waals surface area (Å²) in [6.07, 6.45) is 0.612. The highest BCUT2D eigenvalue weighted by Gasteiger charge is 2.36. The van der Waals surface area contributed by atoms with E-state index in [1.165, 1.54) is 0 Å². The topological polar surface area (TPSA) is 82.0 Å². The van der Waals surface area contributed by atoms with Crippen molar-refractivity contribution in [3.63, 3.8) is 0 Å². The molecular formula is C20H20ClN3O2. The molecule has 26 heavy (non-hydrogen) atoms. The molecule has 134 valence electrons. The Hall–Kier alpha value is -2.84. The third kappa shape index (κ3) is 4.84. The first-order valence-corrected chi connectivity index (χ1v) is 8.55. The van der Waals surface area contributed by atoms with Crippen LogP contribution in [-0.2, 0) is 16.0 Å². The Morgan fingerprint density at radius 3 is 2.54 bits per heavy atom. The number of rotatable bonds is 6. The number of benzene rings is 2.